The standard InChI is InChI=1S/C13H6Cl2FNOS/c14-10-4-6(13(15)19-10)12(18)7-5-17-9-3-1-2-8(16)11(7)9/h1-5,17H. The van der Waals surface area contributed by atoms with Crippen molar-refractivity contribution in [3.8, 4) is 0 Å². The molecule has 0 unspecified atom stereocenters. The smallest absolute Gasteiger partial charge is 0.197 e. The highest BCUT2D eigenvalue weighted by molar-refractivity contribution is 7.20. The molecule has 2 nitrogen and oxygen atoms in total. The Morgan fingerprint density at radius 2 is 2.05 bits per heavy atom. The van der Waals surface area contributed by atoms with Gasteiger partial charge < -0.3 is 4.98 Å². The summed E-state index contributed by atoms with van der Waals surface area (Å²) in [6, 6.07) is 6.10. The lowest BCUT2D eigenvalue weighted by atomic mass is 10.0. The first-order valence-electron chi connectivity index (χ1n) is 5.33. The van der Waals surface area contributed by atoms with E-state index in [2.05, 4.69) is 4.98 Å². The van der Waals surface area contributed by atoms with Crippen molar-refractivity contribution in [3.63, 3.8) is 0 Å². The number of benzene rings is 1. The number of ketones is 1. The van der Waals surface area contributed by atoms with Crippen LogP contribution in [0, 0.1) is 5.82 Å². The summed E-state index contributed by atoms with van der Waals surface area (Å²) in [6.45, 7) is 0. The van der Waals surface area contributed by atoms with Crippen molar-refractivity contribution in [1.29, 1.82) is 0 Å². The normalized spacial score (nSPS) is 11.1. The van der Waals surface area contributed by atoms with Crippen molar-refractivity contribution < 1.29 is 9.18 Å². The molecule has 0 atom stereocenters. The van der Waals surface area contributed by atoms with E-state index in [0.29, 0.717) is 19.8 Å². The lowest BCUT2D eigenvalue weighted by molar-refractivity contribution is 0.104. The molecule has 6 heteroatoms. The second-order valence-corrected chi connectivity index (χ2v) is 6.22. The van der Waals surface area contributed by atoms with Gasteiger partial charge in [-0.3, -0.25) is 4.79 Å². The Morgan fingerprint density at radius 1 is 1.26 bits per heavy atom. The summed E-state index contributed by atoms with van der Waals surface area (Å²) in [4.78, 5) is 15.3. The zero-order chi connectivity index (χ0) is 13.6. The van der Waals surface area contributed by atoms with Gasteiger partial charge in [0.05, 0.1) is 15.5 Å². The van der Waals surface area contributed by atoms with Crippen molar-refractivity contribution in [2.45, 2.75) is 0 Å². The predicted octanol–water partition coefficient (Wildman–Crippen LogP) is 4.91. The van der Waals surface area contributed by atoms with E-state index in [1.54, 1.807) is 12.1 Å². The molecule has 0 saturated heterocycles. The summed E-state index contributed by atoms with van der Waals surface area (Å²) in [6.07, 6.45) is 1.48. The number of thiophene rings is 1. The van der Waals surface area contributed by atoms with Crippen LogP contribution in [0.3, 0.4) is 0 Å². The van der Waals surface area contributed by atoms with Crippen molar-refractivity contribution >= 4 is 51.2 Å². The van der Waals surface area contributed by atoms with Gasteiger partial charge in [0, 0.05) is 17.1 Å². The maximum atomic E-state index is 13.8. The number of carbonyl (C=O) groups is 1. The highest BCUT2D eigenvalue weighted by Gasteiger charge is 2.20. The highest BCUT2D eigenvalue weighted by Crippen LogP contribution is 2.34. The average Bonchev–Trinajstić information content (AvgIpc) is 2.93. The molecule has 2 aromatic heterocycles. The average molecular weight is 314 g/mol. The SMILES string of the molecule is O=C(c1cc(Cl)sc1Cl)c1c[nH]c2cccc(F)c12. The van der Waals surface area contributed by atoms with Gasteiger partial charge in [-0.2, -0.15) is 0 Å². The van der Waals surface area contributed by atoms with Crippen molar-refractivity contribution in [3.05, 3.63) is 56.1 Å². The Kier molecular flexibility index (Phi) is 3.09. The zero-order valence-corrected chi connectivity index (χ0v) is 11.7. The van der Waals surface area contributed by atoms with Crippen LogP contribution in [-0.4, -0.2) is 10.8 Å². The number of hydrogen-bond acceptors (Lipinski definition) is 2. The summed E-state index contributed by atoms with van der Waals surface area (Å²) in [7, 11) is 0. The molecule has 0 spiro atoms. The second kappa shape index (κ2) is 4.63. The number of carbonyl (C=O) groups excluding carboxylic acids is 1. The second-order valence-electron chi connectivity index (χ2n) is 3.93. The van der Waals surface area contributed by atoms with E-state index in [-0.39, 0.29) is 16.7 Å². The summed E-state index contributed by atoms with van der Waals surface area (Å²) in [5.74, 6) is -0.788. The van der Waals surface area contributed by atoms with Gasteiger partial charge in [-0.05, 0) is 18.2 Å². The molecular weight excluding hydrogens is 308 g/mol. The van der Waals surface area contributed by atoms with Crippen LogP contribution >= 0.6 is 34.5 Å². The Labute approximate surface area is 121 Å². The first-order valence-corrected chi connectivity index (χ1v) is 6.90. The molecule has 0 amide bonds. The van der Waals surface area contributed by atoms with E-state index in [0.717, 1.165) is 11.3 Å². The number of fused-ring (bicyclic) bond motifs is 1. The molecule has 3 rings (SSSR count). The Balaban J connectivity index is 2.20. The number of H-pyrrole nitrogens is 1. The van der Waals surface area contributed by atoms with Gasteiger partial charge in [0.2, 0.25) is 0 Å². The van der Waals surface area contributed by atoms with Crippen molar-refractivity contribution in [1.82, 2.24) is 4.98 Å². The largest absolute Gasteiger partial charge is 0.360 e. The Morgan fingerprint density at radius 3 is 2.74 bits per heavy atom. The summed E-state index contributed by atoms with van der Waals surface area (Å²) in [5.41, 5.74) is 1.12. The molecule has 2 heterocycles. The van der Waals surface area contributed by atoms with Gasteiger partial charge in [-0.15, -0.1) is 11.3 Å². The van der Waals surface area contributed by atoms with E-state index >= 15 is 0 Å². The number of halogens is 3. The summed E-state index contributed by atoms with van der Waals surface area (Å²) in [5, 5.41) is 0.269. The number of aromatic nitrogens is 1. The fraction of sp³-hybridized carbons (Fsp3) is 0. The monoisotopic (exact) mass is 313 g/mol. The molecule has 3 aromatic rings. The molecule has 0 radical (unpaired) electrons. The van der Waals surface area contributed by atoms with E-state index < -0.39 is 5.82 Å². The van der Waals surface area contributed by atoms with Crippen molar-refractivity contribution in [2.75, 3.05) is 0 Å². The van der Waals surface area contributed by atoms with Crippen LogP contribution in [-0.2, 0) is 0 Å². The number of nitrogens with one attached hydrogen (secondary N) is 1. The zero-order valence-electron chi connectivity index (χ0n) is 9.34. The van der Waals surface area contributed by atoms with Crippen LogP contribution in [0.4, 0.5) is 4.39 Å². The molecule has 0 saturated carbocycles. The van der Waals surface area contributed by atoms with Crippen LogP contribution < -0.4 is 0 Å². The van der Waals surface area contributed by atoms with Gasteiger partial charge in [0.1, 0.15) is 10.2 Å². The van der Waals surface area contributed by atoms with E-state index in [1.165, 1.54) is 18.3 Å². The quantitative estimate of drug-likeness (QED) is 0.670. The lowest BCUT2D eigenvalue weighted by Crippen LogP contribution is -1.99. The van der Waals surface area contributed by atoms with Crippen LogP contribution in [0.1, 0.15) is 15.9 Å². The topological polar surface area (TPSA) is 32.9 Å². The lowest BCUT2D eigenvalue weighted by Gasteiger charge is -1.98. The third kappa shape index (κ3) is 2.06. The molecule has 1 aromatic carbocycles. The third-order valence-corrected chi connectivity index (χ3v) is 4.29. The van der Waals surface area contributed by atoms with Gasteiger partial charge >= 0.3 is 0 Å². The van der Waals surface area contributed by atoms with Gasteiger partial charge in [0.15, 0.2) is 5.78 Å². The molecule has 0 fully saturated rings. The minimum absolute atomic E-state index is 0.254. The molecular formula is C13H6Cl2FNOS. The Hall–Kier alpha value is -1.36. The molecule has 0 aliphatic carbocycles. The van der Waals surface area contributed by atoms with E-state index in [1.807, 2.05) is 0 Å². The highest BCUT2D eigenvalue weighted by atomic mass is 35.5. The molecule has 0 aliphatic rings. The third-order valence-electron chi connectivity index (χ3n) is 2.80. The van der Waals surface area contributed by atoms with Crippen LogP contribution in [0.15, 0.2) is 30.5 Å². The van der Waals surface area contributed by atoms with Gasteiger partial charge in [-0.25, -0.2) is 4.39 Å². The minimum atomic E-state index is -0.445. The van der Waals surface area contributed by atoms with Crippen LogP contribution in [0.5, 0.6) is 0 Å². The maximum Gasteiger partial charge on any atom is 0.197 e. The fourth-order valence-corrected chi connectivity index (χ4v) is 3.42. The molecule has 0 bridgehead atoms. The number of aromatic amines is 1. The van der Waals surface area contributed by atoms with Gasteiger partial charge in [0.25, 0.3) is 0 Å². The fourth-order valence-electron chi connectivity index (χ4n) is 1.96. The predicted molar refractivity (Wildman–Crippen MR) is 76.0 cm³/mol. The summed E-state index contributed by atoms with van der Waals surface area (Å²) >= 11 is 12.9. The van der Waals surface area contributed by atoms with Crippen molar-refractivity contribution in [2.24, 2.45) is 0 Å². The van der Waals surface area contributed by atoms with Crippen LogP contribution in [0.2, 0.25) is 8.67 Å². The molecule has 96 valence electrons. The Bertz CT molecular complexity index is 793. The van der Waals surface area contributed by atoms with E-state index in [9.17, 15) is 9.18 Å². The first kappa shape index (κ1) is 12.7. The maximum absolute atomic E-state index is 13.8. The number of hydrogen-bond donors (Lipinski definition) is 1. The van der Waals surface area contributed by atoms with Gasteiger partial charge in [-0.1, -0.05) is 29.3 Å². The molecule has 1 N–H and O–H groups in total. The van der Waals surface area contributed by atoms with Crippen LogP contribution in [0.25, 0.3) is 10.9 Å². The minimum Gasteiger partial charge on any atom is -0.360 e. The summed E-state index contributed by atoms with van der Waals surface area (Å²) < 4.78 is 14.6. The number of rotatable bonds is 2. The van der Waals surface area contributed by atoms with E-state index in [4.69, 9.17) is 23.2 Å². The molecule has 19 heavy (non-hydrogen) atoms. The molecule has 0 aliphatic heterocycles. The first-order chi connectivity index (χ1) is 9.08.